The molecule has 104 valence electrons. The monoisotopic (exact) mass is 292 g/mol. The molecule has 3 nitrogen and oxygen atoms in total. The molecule has 0 spiro atoms. The number of carbonyl (C=O) groups excluding carboxylic acids is 1. The maximum absolute atomic E-state index is 13.5. The average molecular weight is 292 g/mol. The fourth-order valence-corrected chi connectivity index (χ4v) is 2.78. The van der Waals surface area contributed by atoms with Crippen LogP contribution in [0.4, 0.5) is 4.39 Å². The Morgan fingerprint density at radius 3 is 2.65 bits per heavy atom. The van der Waals surface area contributed by atoms with E-state index in [9.17, 15) is 13.4 Å². The third-order valence-electron chi connectivity index (χ3n) is 2.74. The summed E-state index contributed by atoms with van der Waals surface area (Å²) < 4.78 is 30.5. The first kappa shape index (κ1) is 14.4. The van der Waals surface area contributed by atoms with E-state index in [-0.39, 0.29) is 16.4 Å². The molecule has 0 aliphatic carbocycles. The lowest BCUT2D eigenvalue weighted by Gasteiger charge is -2.05. The molecule has 2 aromatic rings. The topological polar surface area (TPSA) is 43.4 Å². The summed E-state index contributed by atoms with van der Waals surface area (Å²) in [5, 5.41) is 0. The van der Waals surface area contributed by atoms with E-state index in [1.165, 1.54) is 25.3 Å². The van der Waals surface area contributed by atoms with Gasteiger partial charge in [-0.25, -0.2) is 4.39 Å². The molecule has 0 saturated heterocycles. The standard InChI is InChI=1S/C15H13FO3S/c1-19-12-6-4-5-11(9-12)14(17)10-20(18)15-8-3-2-7-13(15)16/h2-9H,10H2,1H3. The van der Waals surface area contributed by atoms with Gasteiger partial charge in [0.1, 0.15) is 11.6 Å². The van der Waals surface area contributed by atoms with Crippen LogP contribution in [-0.4, -0.2) is 22.9 Å². The van der Waals surface area contributed by atoms with Crippen LogP contribution >= 0.6 is 0 Å². The SMILES string of the molecule is COc1cccc(C(=O)CS(=O)c2ccccc2F)c1. The fraction of sp³-hybridized carbons (Fsp3) is 0.133. The molecular formula is C15H13FO3S. The van der Waals surface area contributed by atoms with Crippen molar-refractivity contribution in [2.24, 2.45) is 0 Å². The Morgan fingerprint density at radius 1 is 1.20 bits per heavy atom. The smallest absolute Gasteiger partial charge is 0.175 e. The molecule has 0 heterocycles. The number of halogens is 1. The first-order valence-electron chi connectivity index (χ1n) is 5.92. The molecule has 2 aromatic carbocycles. The maximum Gasteiger partial charge on any atom is 0.175 e. The van der Waals surface area contributed by atoms with Gasteiger partial charge in [-0.05, 0) is 24.3 Å². The Morgan fingerprint density at radius 2 is 1.95 bits per heavy atom. The van der Waals surface area contributed by atoms with Crippen molar-refractivity contribution < 1.29 is 18.1 Å². The largest absolute Gasteiger partial charge is 0.497 e. The number of hydrogen-bond acceptors (Lipinski definition) is 3. The van der Waals surface area contributed by atoms with Crippen LogP contribution in [0.1, 0.15) is 10.4 Å². The van der Waals surface area contributed by atoms with Gasteiger partial charge in [-0.3, -0.25) is 9.00 Å². The van der Waals surface area contributed by atoms with Crippen LogP contribution in [0.15, 0.2) is 53.4 Å². The van der Waals surface area contributed by atoms with Crippen LogP contribution in [0.25, 0.3) is 0 Å². The van der Waals surface area contributed by atoms with Gasteiger partial charge in [-0.1, -0.05) is 24.3 Å². The van der Waals surface area contributed by atoms with Gasteiger partial charge >= 0.3 is 0 Å². The quantitative estimate of drug-likeness (QED) is 0.796. The average Bonchev–Trinajstić information content (AvgIpc) is 2.47. The van der Waals surface area contributed by atoms with E-state index >= 15 is 0 Å². The summed E-state index contributed by atoms with van der Waals surface area (Å²) in [5.74, 6) is -0.587. The number of carbonyl (C=O) groups is 1. The normalized spacial score (nSPS) is 11.9. The third-order valence-corrected chi connectivity index (χ3v) is 4.08. The molecule has 1 unspecified atom stereocenters. The predicted molar refractivity (Wildman–Crippen MR) is 75.0 cm³/mol. The van der Waals surface area contributed by atoms with Gasteiger partial charge < -0.3 is 4.74 Å². The number of rotatable bonds is 5. The van der Waals surface area contributed by atoms with Gasteiger partial charge in [0, 0.05) is 5.56 Å². The molecule has 1 atom stereocenters. The summed E-state index contributed by atoms with van der Waals surface area (Å²) in [5.41, 5.74) is 0.397. The van der Waals surface area contributed by atoms with E-state index in [4.69, 9.17) is 4.74 Å². The van der Waals surface area contributed by atoms with Crippen molar-refractivity contribution in [3.63, 3.8) is 0 Å². The van der Waals surface area contributed by atoms with Crippen LogP contribution in [0, 0.1) is 5.82 Å². The van der Waals surface area contributed by atoms with E-state index < -0.39 is 16.6 Å². The first-order chi connectivity index (χ1) is 9.61. The Labute approximate surface area is 118 Å². The van der Waals surface area contributed by atoms with Crippen LogP contribution in [0.3, 0.4) is 0 Å². The second-order valence-electron chi connectivity index (χ2n) is 4.08. The van der Waals surface area contributed by atoms with E-state index in [2.05, 4.69) is 0 Å². The minimum Gasteiger partial charge on any atom is -0.497 e. The Bertz CT molecular complexity index is 655. The molecule has 2 rings (SSSR count). The maximum atomic E-state index is 13.5. The molecule has 0 saturated carbocycles. The van der Waals surface area contributed by atoms with Gasteiger partial charge in [-0.2, -0.15) is 0 Å². The van der Waals surface area contributed by atoms with Crippen molar-refractivity contribution >= 4 is 16.6 Å². The van der Waals surface area contributed by atoms with Crippen LogP contribution < -0.4 is 4.74 Å². The summed E-state index contributed by atoms with van der Waals surface area (Å²) >= 11 is 0. The lowest BCUT2D eigenvalue weighted by atomic mass is 10.1. The predicted octanol–water partition coefficient (Wildman–Crippen LogP) is 2.82. The first-order valence-corrected chi connectivity index (χ1v) is 7.24. The van der Waals surface area contributed by atoms with Crippen molar-refractivity contribution in [1.82, 2.24) is 0 Å². The lowest BCUT2D eigenvalue weighted by molar-refractivity contribution is 0.102. The summed E-state index contributed by atoms with van der Waals surface area (Å²) in [6.07, 6.45) is 0. The van der Waals surface area contributed by atoms with Gasteiger partial charge in [-0.15, -0.1) is 0 Å². The highest BCUT2D eigenvalue weighted by Gasteiger charge is 2.15. The van der Waals surface area contributed by atoms with E-state index in [1.54, 1.807) is 30.3 Å². The highest BCUT2D eigenvalue weighted by atomic mass is 32.2. The highest BCUT2D eigenvalue weighted by molar-refractivity contribution is 7.85. The van der Waals surface area contributed by atoms with E-state index in [1.807, 2.05) is 0 Å². The zero-order valence-electron chi connectivity index (χ0n) is 10.8. The number of benzene rings is 2. The number of ether oxygens (including phenoxy) is 1. The van der Waals surface area contributed by atoms with Gasteiger partial charge in [0.15, 0.2) is 5.78 Å². The van der Waals surface area contributed by atoms with Crippen molar-refractivity contribution in [3.05, 3.63) is 59.9 Å². The Balaban J connectivity index is 2.15. The van der Waals surface area contributed by atoms with Crippen molar-refractivity contribution in [2.45, 2.75) is 4.90 Å². The van der Waals surface area contributed by atoms with Gasteiger partial charge in [0.05, 0.1) is 28.6 Å². The molecular weight excluding hydrogens is 279 g/mol. The van der Waals surface area contributed by atoms with E-state index in [0.717, 1.165) is 0 Å². The zero-order chi connectivity index (χ0) is 14.5. The molecule has 5 heteroatoms. The van der Waals surface area contributed by atoms with Gasteiger partial charge in [0.2, 0.25) is 0 Å². The fourth-order valence-electron chi connectivity index (χ4n) is 1.71. The molecule has 0 radical (unpaired) electrons. The van der Waals surface area contributed by atoms with Crippen LogP contribution in [0.2, 0.25) is 0 Å². The second kappa shape index (κ2) is 6.43. The van der Waals surface area contributed by atoms with Crippen molar-refractivity contribution in [3.8, 4) is 5.75 Å². The summed E-state index contributed by atoms with van der Waals surface area (Å²) in [7, 11) is -0.198. The van der Waals surface area contributed by atoms with E-state index in [0.29, 0.717) is 11.3 Å². The third kappa shape index (κ3) is 3.30. The molecule has 0 aliphatic heterocycles. The highest BCUT2D eigenvalue weighted by Crippen LogP contribution is 2.16. The zero-order valence-corrected chi connectivity index (χ0v) is 11.7. The van der Waals surface area contributed by atoms with Crippen molar-refractivity contribution in [1.29, 1.82) is 0 Å². The van der Waals surface area contributed by atoms with Crippen molar-refractivity contribution in [2.75, 3.05) is 12.9 Å². The summed E-state index contributed by atoms with van der Waals surface area (Å²) in [6.45, 7) is 0. The van der Waals surface area contributed by atoms with Crippen LogP contribution in [-0.2, 0) is 10.8 Å². The summed E-state index contributed by atoms with van der Waals surface area (Å²) in [4.78, 5) is 12.1. The molecule has 0 amide bonds. The number of hydrogen-bond donors (Lipinski definition) is 0. The molecule has 0 bridgehead atoms. The number of methoxy groups -OCH3 is 1. The van der Waals surface area contributed by atoms with Gasteiger partial charge in [0.25, 0.3) is 0 Å². The molecule has 0 fully saturated rings. The Hall–Kier alpha value is -2.01. The Kier molecular flexibility index (Phi) is 4.63. The minimum atomic E-state index is -1.70. The molecule has 0 N–H and O–H groups in total. The molecule has 0 aromatic heterocycles. The lowest BCUT2D eigenvalue weighted by Crippen LogP contribution is -2.12. The number of Topliss-reactive ketones (excluding diaryl/α,β-unsaturated/α-hetero) is 1. The second-order valence-corrected chi connectivity index (χ2v) is 5.49. The summed E-state index contributed by atoms with van der Waals surface area (Å²) in [6, 6.07) is 12.3. The number of ketones is 1. The minimum absolute atomic E-state index is 0.0451. The molecule has 20 heavy (non-hydrogen) atoms. The molecule has 0 aliphatic rings. The van der Waals surface area contributed by atoms with Crippen LogP contribution in [0.5, 0.6) is 5.75 Å².